The van der Waals surface area contributed by atoms with E-state index in [0.29, 0.717) is 0 Å². The van der Waals surface area contributed by atoms with E-state index in [9.17, 15) is 4.79 Å². The van der Waals surface area contributed by atoms with E-state index in [4.69, 9.17) is 0 Å². The number of halogens is 2. The third kappa shape index (κ3) is 3.82. The molecule has 0 fully saturated rings. The van der Waals surface area contributed by atoms with Crippen molar-refractivity contribution < 1.29 is 4.79 Å². The van der Waals surface area contributed by atoms with Crippen molar-refractivity contribution in [3.05, 3.63) is 43.5 Å². The summed E-state index contributed by atoms with van der Waals surface area (Å²) in [5, 5.41) is 2.99. The number of allylic oxidation sites excluding steroid dienone is 1. The van der Waals surface area contributed by atoms with Crippen LogP contribution < -0.4 is 5.32 Å². The first-order chi connectivity index (χ1) is 8.66. The van der Waals surface area contributed by atoms with Crippen molar-refractivity contribution in [3.63, 3.8) is 0 Å². The zero-order valence-electron chi connectivity index (χ0n) is 10.0. The predicted octanol–water partition coefficient (Wildman–Crippen LogP) is 4.28. The normalized spacial score (nSPS) is 14.4. The van der Waals surface area contributed by atoms with E-state index in [1.807, 2.05) is 18.2 Å². The quantitative estimate of drug-likeness (QED) is 0.572. The molecule has 0 radical (unpaired) electrons. The molecule has 0 aliphatic heterocycles. The van der Waals surface area contributed by atoms with E-state index in [1.165, 1.54) is 24.8 Å². The zero-order chi connectivity index (χ0) is 13.0. The lowest BCUT2D eigenvalue weighted by molar-refractivity contribution is 0.0953. The minimum absolute atomic E-state index is 0.0132. The number of nitrogens with one attached hydrogen (secondary N) is 1. The SMILES string of the molecule is O=C(NCCC1=CCCC1)c1cc(Br)ccc1I. The molecule has 0 saturated heterocycles. The van der Waals surface area contributed by atoms with E-state index in [2.05, 4.69) is 49.9 Å². The first kappa shape index (κ1) is 14.1. The molecule has 2 rings (SSSR count). The summed E-state index contributed by atoms with van der Waals surface area (Å²) >= 11 is 5.58. The van der Waals surface area contributed by atoms with Gasteiger partial charge in [0.1, 0.15) is 0 Å². The predicted molar refractivity (Wildman–Crippen MR) is 85.7 cm³/mol. The number of rotatable bonds is 4. The summed E-state index contributed by atoms with van der Waals surface area (Å²) in [4.78, 5) is 12.0. The fourth-order valence-corrected chi connectivity index (χ4v) is 3.01. The Kier molecular flexibility index (Phi) is 5.24. The van der Waals surface area contributed by atoms with Gasteiger partial charge in [-0.3, -0.25) is 4.79 Å². The maximum absolute atomic E-state index is 12.0. The molecular weight excluding hydrogens is 405 g/mol. The molecule has 0 heterocycles. The summed E-state index contributed by atoms with van der Waals surface area (Å²) in [6.07, 6.45) is 6.95. The van der Waals surface area contributed by atoms with Crippen molar-refractivity contribution in [2.75, 3.05) is 6.54 Å². The van der Waals surface area contributed by atoms with Crippen LogP contribution in [0.2, 0.25) is 0 Å². The molecule has 96 valence electrons. The fraction of sp³-hybridized carbons (Fsp3) is 0.357. The summed E-state index contributed by atoms with van der Waals surface area (Å²) in [7, 11) is 0. The largest absolute Gasteiger partial charge is 0.352 e. The van der Waals surface area contributed by atoms with Crippen LogP contribution in [0.4, 0.5) is 0 Å². The molecule has 4 heteroatoms. The molecule has 0 saturated carbocycles. The summed E-state index contributed by atoms with van der Waals surface area (Å²) in [5.74, 6) is 0.0132. The van der Waals surface area contributed by atoms with Gasteiger partial charge in [0, 0.05) is 14.6 Å². The second-order valence-electron chi connectivity index (χ2n) is 4.38. The molecule has 0 aromatic heterocycles. The highest BCUT2D eigenvalue weighted by Crippen LogP contribution is 2.20. The average Bonchev–Trinajstić information content (AvgIpc) is 2.85. The standard InChI is InChI=1S/C14H15BrINO/c15-11-5-6-13(16)12(9-11)14(18)17-8-7-10-3-1-2-4-10/h3,5-6,9H,1-2,4,7-8H2,(H,17,18). The van der Waals surface area contributed by atoms with Gasteiger partial charge in [-0.1, -0.05) is 27.6 Å². The smallest absolute Gasteiger partial charge is 0.252 e. The first-order valence-electron chi connectivity index (χ1n) is 6.08. The monoisotopic (exact) mass is 419 g/mol. The Labute approximate surface area is 129 Å². The van der Waals surface area contributed by atoms with Gasteiger partial charge >= 0.3 is 0 Å². The highest BCUT2D eigenvalue weighted by atomic mass is 127. The molecule has 0 unspecified atom stereocenters. The van der Waals surface area contributed by atoms with Gasteiger partial charge in [-0.25, -0.2) is 0 Å². The summed E-state index contributed by atoms with van der Waals surface area (Å²) in [6.45, 7) is 0.729. The molecule has 2 nitrogen and oxygen atoms in total. The Bertz CT molecular complexity index is 485. The highest BCUT2D eigenvalue weighted by Gasteiger charge is 2.10. The lowest BCUT2D eigenvalue weighted by Crippen LogP contribution is -2.25. The zero-order valence-corrected chi connectivity index (χ0v) is 13.8. The minimum atomic E-state index is 0.0132. The number of hydrogen-bond donors (Lipinski definition) is 1. The van der Waals surface area contributed by atoms with Crippen molar-refractivity contribution in [2.24, 2.45) is 0 Å². The molecular formula is C14H15BrINO. The molecule has 1 amide bonds. The van der Waals surface area contributed by atoms with Crippen LogP contribution >= 0.6 is 38.5 Å². The van der Waals surface area contributed by atoms with Crippen LogP contribution in [0.25, 0.3) is 0 Å². The van der Waals surface area contributed by atoms with E-state index in [-0.39, 0.29) is 5.91 Å². The molecule has 0 atom stereocenters. The van der Waals surface area contributed by atoms with Crippen LogP contribution in [-0.2, 0) is 0 Å². The summed E-state index contributed by atoms with van der Waals surface area (Å²) < 4.78 is 1.92. The minimum Gasteiger partial charge on any atom is -0.352 e. The van der Waals surface area contributed by atoms with Crippen molar-refractivity contribution in [3.8, 4) is 0 Å². The van der Waals surface area contributed by atoms with Gasteiger partial charge in [0.05, 0.1) is 5.56 Å². The van der Waals surface area contributed by atoms with Crippen molar-refractivity contribution in [1.29, 1.82) is 0 Å². The van der Waals surface area contributed by atoms with Gasteiger partial charge in [0.2, 0.25) is 0 Å². The molecule has 0 spiro atoms. The van der Waals surface area contributed by atoms with E-state index in [1.54, 1.807) is 0 Å². The van der Waals surface area contributed by atoms with Gasteiger partial charge in [-0.05, 0) is 66.5 Å². The number of carbonyl (C=O) groups is 1. The Hall–Kier alpha value is -0.360. The van der Waals surface area contributed by atoms with Crippen LogP contribution in [0.1, 0.15) is 36.0 Å². The van der Waals surface area contributed by atoms with Crippen LogP contribution in [0.15, 0.2) is 34.3 Å². The first-order valence-corrected chi connectivity index (χ1v) is 7.95. The lowest BCUT2D eigenvalue weighted by Gasteiger charge is -2.08. The second kappa shape index (κ2) is 6.70. The van der Waals surface area contributed by atoms with Crippen molar-refractivity contribution in [1.82, 2.24) is 5.32 Å². The second-order valence-corrected chi connectivity index (χ2v) is 6.46. The molecule has 1 aromatic carbocycles. The van der Waals surface area contributed by atoms with Gasteiger partial charge in [-0.2, -0.15) is 0 Å². The summed E-state index contributed by atoms with van der Waals surface area (Å²) in [6, 6.07) is 5.76. The van der Waals surface area contributed by atoms with Gasteiger partial charge < -0.3 is 5.32 Å². The number of benzene rings is 1. The third-order valence-corrected chi connectivity index (χ3v) is 4.47. The topological polar surface area (TPSA) is 29.1 Å². The molecule has 18 heavy (non-hydrogen) atoms. The number of amides is 1. The number of hydrogen-bond acceptors (Lipinski definition) is 1. The maximum Gasteiger partial charge on any atom is 0.252 e. The Morgan fingerprint density at radius 3 is 3.00 bits per heavy atom. The van der Waals surface area contributed by atoms with Gasteiger partial charge in [0.25, 0.3) is 5.91 Å². The highest BCUT2D eigenvalue weighted by molar-refractivity contribution is 14.1. The Morgan fingerprint density at radius 1 is 1.44 bits per heavy atom. The average molecular weight is 420 g/mol. The molecule has 1 aliphatic carbocycles. The lowest BCUT2D eigenvalue weighted by atomic mass is 10.1. The van der Waals surface area contributed by atoms with Gasteiger partial charge in [0.15, 0.2) is 0 Å². The molecule has 1 N–H and O–H groups in total. The Balaban J connectivity index is 1.89. The van der Waals surface area contributed by atoms with E-state index >= 15 is 0 Å². The van der Waals surface area contributed by atoms with Crippen molar-refractivity contribution >= 4 is 44.4 Å². The van der Waals surface area contributed by atoms with Crippen LogP contribution in [0, 0.1) is 3.57 Å². The van der Waals surface area contributed by atoms with Crippen LogP contribution in [0.5, 0.6) is 0 Å². The molecule has 0 bridgehead atoms. The maximum atomic E-state index is 12.0. The summed E-state index contributed by atoms with van der Waals surface area (Å²) in [5.41, 5.74) is 2.23. The van der Waals surface area contributed by atoms with E-state index < -0.39 is 0 Å². The van der Waals surface area contributed by atoms with Crippen LogP contribution in [-0.4, -0.2) is 12.5 Å². The van der Waals surface area contributed by atoms with E-state index in [0.717, 1.165) is 26.6 Å². The molecule has 1 aromatic rings. The fourth-order valence-electron chi connectivity index (χ4n) is 2.07. The van der Waals surface area contributed by atoms with Crippen molar-refractivity contribution in [2.45, 2.75) is 25.7 Å². The van der Waals surface area contributed by atoms with Gasteiger partial charge in [-0.15, -0.1) is 0 Å². The van der Waals surface area contributed by atoms with Crippen LogP contribution in [0.3, 0.4) is 0 Å². The Morgan fingerprint density at radius 2 is 2.28 bits per heavy atom. The third-order valence-electron chi connectivity index (χ3n) is 3.04. The number of carbonyl (C=O) groups excluding carboxylic acids is 1. The molecule has 1 aliphatic rings.